The highest BCUT2D eigenvalue weighted by molar-refractivity contribution is 7.78. The van der Waals surface area contributed by atoms with Crippen LogP contribution in [0.2, 0.25) is 0 Å². The molecule has 0 saturated carbocycles. The second-order valence-electron chi connectivity index (χ2n) is 2.48. The van der Waals surface area contributed by atoms with Crippen LogP contribution in [0.1, 0.15) is 0 Å². The quantitative estimate of drug-likeness (QED) is 0.700. The summed E-state index contributed by atoms with van der Waals surface area (Å²) in [4.78, 5) is 0. The van der Waals surface area contributed by atoms with Crippen LogP contribution in [0.25, 0.3) is 0 Å². The first-order valence-corrected chi connectivity index (χ1v) is 5.68. The molecule has 0 N–H and O–H groups in total. The smallest absolute Gasteiger partial charge is 0.265 e. The Labute approximate surface area is 78.8 Å². The molecular weight excluding hydrogens is 193 g/mol. The van der Waals surface area contributed by atoms with Crippen molar-refractivity contribution in [3.05, 3.63) is 30.3 Å². The zero-order chi connectivity index (χ0) is 8.97. The van der Waals surface area contributed by atoms with Crippen molar-refractivity contribution in [3.8, 4) is 5.75 Å². The summed E-state index contributed by atoms with van der Waals surface area (Å²) >= 11 is 5.92. The van der Waals surface area contributed by atoms with Crippen LogP contribution in [0.3, 0.4) is 0 Å². The fraction of sp³-hybridized carbons (Fsp3) is 0.250. The van der Waals surface area contributed by atoms with Crippen LogP contribution >= 0.6 is 18.9 Å². The van der Waals surface area contributed by atoms with Crippen molar-refractivity contribution in [1.29, 1.82) is 0 Å². The Bertz CT molecular complexity index is 230. The lowest BCUT2D eigenvalue weighted by Gasteiger charge is -2.16. The molecule has 0 aliphatic heterocycles. The average molecular weight is 204 g/mol. The van der Waals surface area contributed by atoms with Crippen molar-refractivity contribution in [2.45, 2.75) is 0 Å². The Hall–Kier alpha value is -0.300. The van der Waals surface area contributed by atoms with Gasteiger partial charge in [0.1, 0.15) is 5.75 Å². The van der Waals surface area contributed by atoms with Gasteiger partial charge in [-0.15, -0.1) is 0 Å². The molecule has 1 atom stereocenters. The molecular formula is C8H11ClNOP. The predicted molar refractivity (Wildman–Crippen MR) is 53.5 cm³/mol. The Morgan fingerprint density at radius 3 is 2.33 bits per heavy atom. The summed E-state index contributed by atoms with van der Waals surface area (Å²) in [6.07, 6.45) is 0. The minimum atomic E-state index is -1.01. The molecule has 0 radical (unpaired) electrons. The van der Waals surface area contributed by atoms with Gasteiger partial charge in [0.2, 0.25) is 0 Å². The number of nitrogens with zero attached hydrogens (tertiary/aromatic N) is 1. The van der Waals surface area contributed by atoms with Gasteiger partial charge in [-0.25, -0.2) is 4.67 Å². The lowest BCUT2D eigenvalue weighted by atomic mass is 10.3. The second kappa shape index (κ2) is 4.66. The van der Waals surface area contributed by atoms with Gasteiger partial charge in [-0.05, 0) is 37.5 Å². The lowest BCUT2D eigenvalue weighted by molar-refractivity contribution is 0.546. The normalized spacial score (nSPS) is 13.0. The number of benzene rings is 1. The van der Waals surface area contributed by atoms with E-state index in [-0.39, 0.29) is 0 Å². The number of rotatable bonds is 3. The van der Waals surface area contributed by atoms with Crippen LogP contribution in [0, 0.1) is 0 Å². The zero-order valence-corrected chi connectivity index (χ0v) is 8.72. The van der Waals surface area contributed by atoms with Crippen molar-refractivity contribution >= 4 is 18.9 Å². The molecule has 4 heteroatoms. The van der Waals surface area contributed by atoms with Crippen LogP contribution in [0.4, 0.5) is 0 Å². The largest absolute Gasteiger partial charge is 0.445 e. The van der Waals surface area contributed by atoms with Gasteiger partial charge >= 0.3 is 0 Å². The third-order valence-corrected chi connectivity index (χ3v) is 3.34. The molecule has 1 aromatic carbocycles. The van der Waals surface area contributed by atoms with Crippen molar-refractivity contribution in [3.63, 3.8) is 0 Å². The van der Waals surface area contributed by atoms with E-state index in [1.165, 1.54) is 0 Å². The standard InChI is InChI=1S/C8H11ClNOP/c1-10(2)12(9)11-8-6-4-3-5-7-8/h3-7H,1-2H3. The second-order valence-corrected chi connectivity index (χ2v) is 4.78. The fourth-order valence-corrected chi connectivity index (χ4v) is 1.35. The minimum Gasteiger partial charge on any atom is -0.445 e. The Morgan fingerprint density at radius 2 is 1.83 bits per heavy atom. The maximum Gasteiger partial charge on any atom is 0.265 e. The van der Waals surface area contributed by atoms with E-state index in [2.05, 4.69) is 0 Å². The maximum atomic E-state index is 5.92. The molecule has 0 fully saturated rings. The zero-order valence-electron chi connectivity index (χ0n) is 7.07. The van der Waals surface area contributed by atoms with Gasteiger partial charge in [0, 0.05) is 0 Å². The van der Waals surface area contributed by atoms with Crippen LogP contribution in [0.15, 0.2) is 30.3 Å². The molecule has 12 heavy (non-hydrogen) atoms. The molecule has 0 amide bonds. The average Bonchev–Trinajstić information content (AvgIpc) is 2.06. The van der Waals surface area contributed by atoms with Crippen LogP contribution in [0.5, 0.6) is 5.75 Å². The number of hydrogen-bond donors (Lipinski definition) is 0. The molecule has 0 aliphatic carbocycles. The predicted octanol–water partition coefficient (Wildman–Crippen LogP) is 3.09. The first kappa shape index (κ1) is 9.79. The highest BCUT2D eigenvalue weighted by atomic mass is 35.7. The van der Waals surface area contributed by atoms with Gasteiger partial charge in [0.25, 0.3) is 7.65 Å². The molecule has 0 bridgehead atoms. The van der Waals surface area contributed by atoms with Crippen molar-refractivity contribution in [2.24, 2.45) is 0 Å². The summed E-state index contributed by atoms with van der Waals surface area (Å²) in [5.74, 6) is 0.812. The fourth-order valence-electron chi connectivity index (χ4n) is 0.650. The summed E-state index contributed by atoms with van der Waals surface area (Å²) in [5.41, 5.74) is 0. The van der Waals surface area contributed by atoms with E-state index in [1.807, 2.05) is 49.1 Å². The van der Waals surface area contributed by atoms with Gasteiger partial charge in [-0.3, -0.25) is 0 Å². The highest BCUT2D eigenvalue weighted by Crippen LogP contribution is 2.44. The van der Waals surface area contributed by atoms with E-state index in [1.54, 1.807) is 0 Å². The minimum absolute atomic E-state index is 0.812. The van der Waals surface area contributed by atoms with E-state index in [4.69, 9.17) is 15.8 Å². The van der Waals surface area contributed by atoms with Crippen molar-refractivity contribution < 1.29 is 4.52 Å². The number of halogens is 1. The molecule has 1 rings (SSSR count). The van der Waals surface area contributed by atoms with E-state index in [9.17, 15) is 0 Å². The third-order valence-electron chi connectivity index (χ3n) is 1.24. The first-order chi connectivity index (χ1) is 5.70. The SMILES string of the molecule is CN(C)P(Cl)Oc1ccccc1. The van der Waals surface area contributed by atoms with Crippen LogP contribution in [-0.2, 0) is 0 Å². The van der Waals surface area contributed by atoms with Gasteiger partial charge in [-0.2, -0.15) is 0 Å². The lowest BCUT2D eigenvalue weighted by Crippen LogP contribution is -2.04. The summed E-state index contributed by atoms with van der Waals surface area (Å²) in [6.45, 7) is 0. The summed E-state index contributed by atoms with van der Waals surface area (Å²) in [5, 5.41) is 0. The molecule has 2 nitrogen and oxygen atoms in total. The number of hydrogen-bond acceptors (Lipinski definition) is 2. The Balaban J connectivity index is 2.53. The van der Waals surface area contributed by atoms with E-state index >= 15 is 0 Å². The topological polar surface area (TPSA) is 12.5 Å². The van der Waals surface area contributed by atoms with Gasteiger partial charge in [-0.1, -0.05) is 18.2 Å². The summed E-state index contributed by atoms with van der Waals surface area (Å²) < 4.78 is 7.28. The molecule has 0 aromatic heterocycles. The highest BCUT2D eigenvalue weighted by Gasteiger charge is 2.08. The van der Waals surface area contributed by atoms with Crippen LogP contribution in [-0.4, -0.2) is 18.8 Å². The Kier molecular flexibility index (Phi) is 3.80. The summed E-state index contributed by atoms with van der Waals surface area (Å²) in [6, 6.07) is 9.57. The van der Waals surface area contributed by atoms with Gasteiger partial charge in [0.15, 0.2) is 0 Å². The Morgan fingerprint density at radius 1 is 1.25 bits per heavy atom. The van der Waals surface area contributed by atoms with E-state index in [0.29, 0.717) is 0 Å². The van der Waals surface area contributed by atoms with E-state index in [0.717, 1.165) is 5.75 Å². The monoisotopic (exact) mass is 203 g/mol. The molecule has 0 saturated heterocycles. The van der Waals surface area contributed by atoms with Crippen LogP contribution < -0.4 is 4.52 Å². The molecule has 0 spiro atoms. The van der Waals surface area contributed by atoms with Gasteiger partial charge < -0.3 is 4.52 Å². The molecule has 1 aromatic rings. The number of para-hydroxylation sites is 1. The van der Waals surface area contributed by atoms with Crippen molar-refractivity contribution in [1.82, 2.24) is 4.67 Å². The van der Waals surface area contributed by atoms with Gasteiger partial charge in [0.05, 0.1) is 0 Å². The molecule has 0 heterocycles. The van der Waals surface area contributed by atoms with Crippen molar-refractivity contribution in [2.75, 3.05) is 14.1 Å². The third kappa shape index (κ3) is 2.98. The molecule has 1 unspecified atom stereocenters. The van der Waals surface area contributed by atoms with E-state index < -0.39 is 7.65 Å². The summed E-state index contributed by atoms with van der Waals surface area (Å²) in [7, 11) is 2.77. The first-order valence-electron chi connectivity index (χ1n) is 3.56. The molecule has 66 valence electrons. The molecule has 0 aliphatic rings. The maximum absolute atomic E-state index is 5.92.